The van der Waals surface area contributed by atoms with E-state index in [1.165, 1.54) is 0 Å². The minimum Gasteiger partial charge on any atom is -0.460 e. The first kappa shape index (κ1) is 23.2. The van der Waals surface area contributed by atoms with E-state index in [9.17, 15) is 4.79 Å². The Bertz CT molecular complexity index is 590. The summed E-state index contributed by atoms with van der Waals surface area (Å²) in [5, 5.41) is 6.56. The SMILES string of the molecule is CC.CCCCOC1N=Cc2[nH]n(CCCN3CC(=O)OC(C)C3)c2N1.O.[HH]. The summed E-state index contributed by atoms with van der Waals surface area (Å²) in [5.74, 6) is 0.913. The van der Waals surface area contributed by atoms with Crippen LogP contribution in [0.3, 0.4) is 0 Å². The number of hydrogen-bond donors (Lipinski definition) is 2. The number of aliphatic imine (C=N–C) groups is 1. The summed E-state index contributed by atoms with van der Waals surface area (Å²) in [6, 6.07) is 0. The molecule has 1 saturated heterocycles. The van der Waals surface area contributed by atoms with Crippen molar-refractivity contribution in [3.05, 3.63) is 5.69 Å². The van der Waals surface area contributed by atoms with Crippen molar-refractivity contribution in [1.29, 1.82) is 0 Å². The average Bonchev–Trinajstić information content (AvgIpc) is 2.61. The number of cyclic esters (lactones) is 1. The molecule has 0 aromatic carbocycles. The lowest BCUT2D eigenvalue weighted by Crippen LogP contribution is -2.44. The van der Waals surface area contributed by atoms with Crippen molar-refractivity contribution < 1.29 is 21.2 Å². The zero-order valence-corrected chi connectivity index (χ0v) is 17.0. The molecule has 2 aliphatic rings. The van der Waals surface area contributed by atoms with E-state index in [-0.39, 0.29) is 25.3 Å². The third-order valence-electron chi connectivity index (χ3n) is 4.21. The monoisotopic (exact) mass is 387 g/mol. The number of esters is 1. The van der Waals surface area contributed by atoms with Crippen LogP contribution in [0.25, 0.3) is 0 Å². The highest BCUT2D eigenvalue weighted by Crippen LogP contribution is 2.21. The van der Waals surface area contributed by atoms with Crippen LogP contribution in [-0.4, -0.2) is 71.0 Å². The molecule has 1 aromatic rings. The van der Waals surface area contributed by atoms with E-state index in [4.69, 9.17) is 9.47 Å². The van der Waals surface area contributed by atoms with Gasteiger partial charge in [0.05, 0.1) is 19.4 Å². The number of carbonyl (C=O) groups excluding carboxylic acids is 1. The molecule has 158 valence electrons. The van der Waals surface area contributed by atoms with Gasteiger partial charge in [0, 0.05) is 21.1 Å². The maximum Gasteiger partial charge on any atom is 0.320 e. The van der Waals surface area contributed by atoms with E-state index in [0.29, 0.717) is 13.2 Å². The molecule has 2 atom stereocenters. The number of unbranched alkanes of at least 4 members (excludes halogenated alkanes) is 1. The topological polar surface area (TPSA) is 115 Å². The van der Waals surface area contributed by atoms with Crippen molar-refractivity contribution >= 4 is 18.0 Å². The zero-order chi connectivity index (χ0) is 18.9. The van der Waals surface area contributed by atoms with Crippen molar-refractivity contribution in [3.8, 4) is 0 Å². The van der Waals surface area contributed by atoms with Crippen LogP contribution in [-0.2, 0) is 20.8 Å². The second-order valence-electron chi connectivity index (χ2n) is 6.41. The molecule has 0 radical (unpaired) electrons. The predicted octanol–water partition coefficient (Wildman–Crippen LogP) is 1.85. The van der Waals surface area contributed by atoms with Gasteiger partial charge in [0.1, 0.15) is 11.8 Å². The molecular weight excluding hydrogens is 350 g/mol. The molecule has 9 nitrogen and oxygen atoms in total. The summed E-state index contributed by atoms with van der Waals surface area (Å²) in [7, 11) is 0. The number of fused-ring (bicyclic) bond motifs is 1. The minimum absolute atomic E-state index is 0. The molecule has 0 saturated carbocycles. The molecule has 3 heterocycles. The van der Waals surface area contributed by atoms with Gasteiger partial charge in [-0.2, -0.15) is 0 Å². The fraction of sp³-hybridized carbons (Fsp3) is 0.778. The summed E-state index contributed by atoms with van der Waals surface area (Å²) < 4.78 is 12.9. The highest BCUT2D eigenvalue weighted by Gasteiger charge is 2.24. The smallest absolute Gasteiger partial charge is 0.320 e. The number of morpholine rings is 1. The number of carbonyl (C=O) groups is 1. The number of hydrogen-bond acceptors (Lipinski definition) is 6. The number of nitrogens with zero attached hydrogens (tertiary/aromatic N) is 3. The first-order valence-corrected chi connectivity index (χ1v) is 9.77. The molecule has 1 fully saturated rings. The molecular formula is C18H37N5O4. The van der Waals surface area contributed by atoms with Crippen molar-refractivity contribution in [1.82, 2.24) is 14.7 Å². The van der Waals surface area contributed by atoms with Crippen LogP contribution in [0.15, 0.2) is 4.99 Å². The molecule has 27 heavy (non-hydrogen) atoms. The Morgan fingerprint density at radius 3 is 2.85 bits per heavy atom. The van der Waals surface area contributed by atoms with Crippen molar-refractivity contribution in [2.24, 2.45) is 4.99 Å². The van der Waals surface area contributed by atoms with Crippen LogP contribution in [0.5, 0.6) is 0 Å². The van der Waals surface area contributed by atoms with E-state index in [1.807, 2.05) is 27.0 Å². The first-order chi connectivity index (χ1) is 12.7. The van der Waals surface area contributed by atoms with E-state index in [0.717, 1.165) is 50.4 Å². The Morgan fingerprint density at radius 2 is 2.15 bits per heavy atom. The molecule has 0 aliphatic carbocycles. The largest absolute Gasteiger partial charge is 0.460 e. The second kappa shape index (κ2) is 11.8. The molecule has 1 aromatic heterocycles. The van der Waals surface area contributed by atoms with Crippen LogP contribution in [0.1, 0.15) is 54.1 Å². The number of aryl methyl sites for hydroxylation is 1. The normalized spacial score (nSPS) is 21.4. The summed E-state index contributed by atoms with van der Waals surface area (Å²) in [6.45, 7) is 11.7. The number of aromatic amines is 1. The zero-order valence-electron chi connectivity index (χ0n) is 17.0. The van der Waals surface area contributed by atoms with Gasteiger partial charge in [-0.15, -0.1) is 0 Å². The van der Waals surface area contributed by atoms with Gasteiger partial charge in [-0.05, 0) is 19.8 Å². The van der Waals surface area contributed by atoms with E-state index in [2.05, 4.69) is 31.9 Å². The number of H-pyrrole nitrogens is 1. The third kappa shape index (κ3) is 6.67. The summed E-state index contributed by atoms with van der Waals surface area (Å²) >= 11 is 0. The number of anilines is 1. The van der Waals surface area contributed by atoms with Gasteiger partial charge in [0.2, 0.25) is 6.35 Å². The number of rotatable bonds is 8. The standard InChI is InChI=1S/C16H27N5O3.C2H6.H2O.H2/c1-3-4-8-23-16-17-9-13-15(18-16)21(19-13)7-5-6-20-10-12(2)24-14(22)11-20;1-2;;/h9,12,16,18-19H,3-8,10-11H2,1-2H3;1-2H3;1H2;1H. The quantitative estimate of drug-likeness (QED) is 0.522. The molecule has 3 rings (SSSR count). The third-order valence-corrected chi connectivity index (χ3v) is 4.21. The molecule has 0 amide bonds. The highest BCUT2D eigenvalue weighted by molar-refractivity contribution is 5.86. The van der Waals surface area contributed by atoms with Gasteiger partial charge >= 0.3 is 5.97 Å². The fourth-order valence-electron chi connectivity index (χ4n) is 3.01. The predicted molar refractivity (Wildman–Crippen MR) is 108 cm³/mol. The average molecular weight is 388 g/mol. The lowest BCUT2D eigenvalue weighted by Gasteiger charge is -2.31. The summed E-state index contributed by atoms with van der Waals surface area (Å²) in [5.41, 5.74) is 1.00. The van der Waals surface area contributed by atoms with Crippen LogP contribution in [0.2, 0.25) is 0 Å². The number of nitrogens with one attached hydrogen (secondary N) is 2. The maximum absolute atomic E-state index is 11.4. The van der Waals surface area contributed by atoms with Gasteiger partial charge in [0.25, 0.3) is 0 Å². The second-order valence-corrected chi connectivity index (χ2v) is 6.41. The molecule has 0 spiro atoms. The number of ether oxygens (including phenoxy) is 2. The van der Waals surface area contributed by atoms with Gasteiger partial charge in [-0.1, -0.05) is 27.2 Å². The Morgan fingerprint density at radius 1 is 1.37 bits per heavy atom. The lowest BCUT2D eigenvalue weighted by atomic mass is 10.2. The Hall–Kier alpha value is -1.84. The van der Waals surface area contributed by atoms with Gasteiger partial charge < -0.3 is 20.3 Å². The lowest BCUT2D eigenvalue weighted by molar-refractivity contribution is -0.157. The summed E-state index contributed by atoms with van der Waals surface area (Å²) in [6.07, 6.45) is 4.63. The van der Waals surface area contributed by atoms with Crippen LogP contribution in [0.4, 0.5) is 5.82 Å². The molecule has 0 bridgehead atoms. The Balaban J connectivity index is 0.00000177. The highest BCUT2D eigenvalue weighted by atomic mass is 16.5. The van der Waals surface area contributed by atoms with Crippen molar-refractivity contribution in [3.63, 3.8) is 0 Å². The van der Waals surface area contributed by atoms with Gasteiger partial charge in [-0.3, -0.25) is 19.5 Å². The summed E-state index contributed by atoms with van der Waals surface area (Å²) in [4.78, 5) is 17.9. The van der Waals surface area contributed by atoms with Crippen LogP contribution < -0.4 is 5.32 Å². The first-order valence-electron chi connectivity index (χ1n) is 9.77. The van der Waals surface area contributed by atoms with E-state index < -0.39 is 0 Å². The molecule has 4 N–H and O–H groups in total. The number of aromatic nitrogens is 2. The van der Waals surface area contributed by atoms with Gasteiger partial charge in [-0.25, -0.2) is 4.99 Å². The van der Waals surface area contributed by atoms with E-state index >= 15 is 0 Å². The minimum atomic E-state index is -0.294. The molecule has 2 unspecified atom stereocenters. The van der Waals surface area contributed by atoms with Gasteiger partial charge in [0.15, 0.2) is 5.82 Å². The van der Waals surface area contributed by atoms with E-state index in [1.54, 1.807) is 0 Å². The maximum atomic E-state index is 11.4. The van der Waals surface area contributed by atoms with Crippen molar-refractivity contribution in [2.45, 2.75) is 66.0 Å². The molecule has 2 aliphatic heterocycles. The van der Waals surface area contributed by atoms with Crippen LogP contribution in [0, 0.1) is 0 Å². The van der Waals surface area contributed by atoms with Crippen LogP contribution >= 0.6 is 0 Å². The molecule has 9 heteroatoms. The Labute approximate surface area is 162 Å². The van der Waals surface area contributed by atoms with Crippen molar-refractivity contribution in [2.75, 3.05) is 31.6 Å². The fourth-order valence-corrected chi connectivity index (χ4v) is 3.01. The Kier molecular flexibility index (Phi) is 10.1.